The number of benzene rings is 2. The highest BCUT2D eigenvalue weighted by molar-refractivity contribution is 9.10. The summed E-state index contributed by atoms with van der Waals surface area (Å²) in [6.07, 6.45) is 0.185. The van der Waals surface area contributed by atoms with E-state index in [0.29, 0.717) is 11.6 Å². The van der Waals surface area contributed by atoms with Crippen LogP contribution in [0.1, 0.15) is 38.8 Å². The Morgan fingerprint density at radius 1 is 1.11 bits per heavy atom. The molecule has 6 heteroatoms. The fraction of sp³-hybridized carbons (Fsp3) is 0.364. The molecule has 0 fully saturated rings. The van der Waals surface area contributed by atoms with Crippen LogP contribution >= 0.6 is 27.5 Å². The first-order valence-corrected chi connectivity index (χ1v) is 10.3. The van der Waals surface area contributed by atoms with E-state index >= 15 is 0 Å². The summed E-state index contributed by atoms with van der Waals surface area (Å²) in [4.78, 5) is 27.4. The molecule has 150 valence electrons. The number of nitrogens with zero attached hydrogens (tertiary/aromatic N) is 1. The molecule has 2 amide bonds. The maximum Gasteiger partial charge on any atom is 0.242 e. The molecular formula is C22H26BrClN2O2. The first-order valence-electron chi connectivity index (χ1n) is 9.15. The number of hydrogen-bond donors (Lipinski definition) is 1. The highest BCUT2D eigenvalue weighted by Gasteiger charge is 2.28. The van der Waals surface area contributed by atoms with E-state index in [1.165, 1.54) is 0 Å². The number of halogens is 2. The summed E-state index contributed by atoms with van der Waals surface area (Å²) in [6, 6.07) is 14.4. The highest BCUT2D eigenvalue weighted by Crippen LogP contribution is 2.17. The first kappa shape index (κ1) is 22.4. The van der Waals surface area contributed by atoms with Crippen LogP contribution in [0.15, 0.2) is 53.0 Å². The third kappa shape index (κ3) is 6.95. The summed E-state index contributed by atoms with van der Waals surface area (Å²) < 4.78 is 0.964. The van der Waals surface area contributed by atoms with Crippen LogP contribution in [-0.4, -0.2) is 28.3 Å². The molecule has 0 bridgehead atoms. The third-order valence-electron chi connectivity index (χ3n) is 4.18. The topological polar surface area (TPSA) is 49.4 Å². The lowest BCUT2D eigenvalue weighted by molar-refractivity contribution is -0.140. The Bertz CT molecular complexity index is 831. The quantitative estimate of drug-likeness (QED) is 0.654. The zero-order valence-corrected chi connectivity index (χ0v) is 19.0. The zero-order chi connectivity index (χ0) is 20.9. The van der Waals surface area contributed by atoms with Crippen molar-refractivity contribution in [1.29, 1.82) is 0 Å². The summed E-state index contributed by atoms with van der Waals surface area (Å²) in [6.45, 7) is 7.88. The molecule has 0 spiro atoms. The van der Waals surface area contributed by atoms with Gasteiger partial charge in [-0.05, 0) is 63.1 Å². The number of carbonyl (C=O) groups is 2. The van der Waals surface area contributed by atoms with Crippen molar-refractivity contribution >= 4 is 39.3 Å². The van der Waals surface area contributed by atoms with Crippen LogP contribution in [0.3, 0.4) is 0 Å². The lowest BCUT2D eigenvalue weighted by atomic mass is 10.1. The molecule has 1 N–H and O–H groups in total. The van der Waals surface area contributed by atoms with Crippen LogP contribution in [0.2, 0.25) is 5.02 Å². The average Bonchev–Trinajstić information content (AvgIpc) is 2.59. The minimum Gasteiger partial charge on any atom is -0.350 e. The Balaban J connectivity index is 2.24. The molecule has 4 nitrogen and oxygen atoms in total. The minimum atomic E-state index is -0.602. The summed E-state index contributed by atoms with van der Waals surface area (Å²) in [7, 11) is 0. The van der Waals surface area contributed by atoms with Gasteiger partial charge in [-0.3, -0.25) is 9.59 Å². The molecule has 0 radical (unpaired) electrons. The van der Waals surface area contributed by atoms with Crippen molar-refractivity contribution in [3.8, 4) is 0 Å². The van der Waals surface area contributed by atoms with E-state index in [1.54, 1.807) is 24.0 Å². The molecule has 2 rings (SSSR count). The Morgan fingerprint density at radius 3 is 2.32 bits per heavy atom. The lowest BCUT2D eigenvalue weighted by Crippen LogP contribution is -2.52. The van der Waals surface area contributed by atoms with Gasteiger partial charge in [0.2, 0.25) is 11.8 Å². The highest BCUT2D eigenvalue weighted by atomic mass is 79.9. The monoisotopic (exact) mass is 464 g/mol. The van der Waals surface area contributed by atoms with E-state index in [-0.39, 0.29) is 23.8 Å². The Kier molecular flexibility index (Phi) is 7.67. The van der Waals surface area contributed by atoms with Gasteiger partial charge in [0, 0.05) is 21.6 Å². The molecule has 1 unspecified atom stereocenters. The van der Waals surface area contributed by atoms with E-state index in [0.717, 1.165) is 15.6 Å². The van der Waals surface area contributed by atoms with Crippen molar-refractivity contribution in [2.24, 2.45) is 0 Å². The normalized spacial score (nSPS) is 12.4. The molecule has 1 atom stereocenters. The van der Waals surface area contributed by atoms with Crippen LogP contribution < -0.4 is 5.32 Å². The third-order valence-corrected chi connectivity index (χ3v) is 4.94. The van der Waals surface area contributed by atoms with Crippen molar-refractivity contribution in [1.82, 2.24) is 10.2 Å². The molecule has 2 aromatic rings. The second kappa shape index (κ2) is 9.57. The van der Waals surface area contributed by atoms with E-state index in [1.807, 2.05) is 57.2 Å². The molecule has 0 saturated carbocycles. The molecular weight excluding hydrogens is 440 g/mol. The SMILES string of the molecule is CC(C(=O)NC(C)(C)C)N(Cc1ccc(Br)cc1)C(=O)Cc1cccc(Cl)c1. The zero-order valence-electron chi connectivity index (χ0n) is 16.6. The number of carbonyl (C=O) groups excluding carboxylic acids is 2. The maximum absolute atomic E-state index is 13.1. The van der Waals surface area contributed by atoms with Crippen molar-refractivity contribution in [3.05, 3.63) is 69.2 Å². The predicted octanol–water partition coefficient (Wildman–Crippen LogP) is 4.98. The molecule has 28 heavy (non-hydrogen) atoms. The van der Waals surface area contributed by atoms with E-state index in [4.69, 9.17) is 11.6 Å². The van der Waals surface area contributed by atoms with Crippen molar-refractivity contribution in [2.45, 2.75) is 52.2 Å². The molecule has 0 aromatic heterocycles. The minimum absolute atomic E-state index is 0.123. The smallest absolute Gasteiger partial charge is 0.242 e. The van der Waals surface area contributed by atoms with Crippen molar-refractivity contribution in [3.63, 3.8) is 0 Å². The van der Waals surface area contributed by atoms with Crippen LogP contribution in [0, 0.1) is 0 Å². The van der Waals surface area contributed by atoms with Gasteiger partial charge in [-0.2, -0.15) is 0 Å². The number of nitrogens with one attached hydrogen (secondary N) is 1. The summed E-state index contributed by atoms with van der Waals surface area (Å²) in [5, 5.41) is 3.55. The molecule has 0 aliphatic heterocycles. The van der Waals surface area contributed by atoms with Gasteiger partial charge in [-0.15, -0.1) is 0 Å². The second-order valence-corrected chi connectivity index (χ2v) is 9.22. The lowest BCUT2D eigenvalue weighted by Gasteiger charge is -2.31. The summed E-state index contributed by atoms with van der Waals surface area (Å²) in [5.74, 6) is -0.300. The van der Waals surface area contributed by atoms with Gasteiger partial charge in [0.1, 0.15) is 6.04 Å². The van der Waals surface area contributed by atoms with Crippen LogP contribution in [0.5, 0.6) is 0 Å². The summed E-state index contributed by atoms with van der Waals surface area (Å²) in [5.41, 5.74) is 1.41. The largest absolute Gasteiger partial charge is 0.350 e. The first-order chi connectivity index (χ1) is 13.0. The second-order valence-electron chi connectivity index (χ2n) is 7.87. The molecule has 2 aromatic carbocycles. The Hall–Kier alpha value is -1.85. The van der Waals surface area contributed by atoms with Gasteiger partial charge in [-0.25, -0.2) is 0 Å². The Morgan fingerprint density at radius 2 is 1.75 bits per heavy atom. The van der Waals surface area contributed by atoms with E-state index in [9.17, 15) is 9.59 Å². The van der Waals surface area contributed by atoms with Crippen molar-refractivity contribution in [2.75, 3.05) is 0 Å². The maximum atomic E-state index is 13.1. The number of rotatable bonds is 6. The number of amides is 2. The Labute approximate surface area is 180 Å². The van der Waals surface area contributed by atoms with Crippen LogP contribution in [0.25, 0.3) is 0 Å². The van der Waals surface area contributed by atoms with Gasteiger partial charge < -0.3 is 10.2 Å². The van der Waals surface area contributed by atoms with Gasteiger partial charge in [0.25, 0.3) is 0 Å². The van der Waals surface area contributed by atoms with Gasteiger partial charge in [-0.1, -0.05) is 51.8 Å². The predicted molar refractivity (Wildman–Crippen MR) is 117 cm³/mol. The fourth-order valence-corrected chi connectivity index (χ4v) is 3.24. The molecule has 0 saturated heterocycles. The van der Waals surface area contributed by atoms with E-state index in [2.05, 4.69) is 21.2 Å². The van der Waals surface area contributed by atoms with Gasteiger partial charge >= 0.3 is 0 Å². The molecule has 0 aliphatic carbocycles. The van der Waals surface area contributed by atoms with Crippen molar-refractivity contribution < 1.29 is 9.59 Å². The van der Waals surface area contributed by atoms with Gasteiger partial charge in [0.05, 0.1) is 6.42 Å². The van der Waals surface area contributed by atoms with Gasteiger partial charge in [0.15, 0.2) is 0 Å². The van der Waals surface area contributed by atoms with Crippen LogP contribution in [0.4, 0.5) is 0 Å². The molecule has 0 aliphatic rings. The standard InChI is InChI=1S/C22H26BrClN2O2/c1-15(21(28)25-22(2,3)4)26(14-16-8-10-18(23)11-9-16)20(27)13-17-6-5-7-19(24)12-17/h5-12,15H,13-14H2,1-4H3,(H,25,28). The molecule has 0 heterocycles. The van der Waals surface area contributed by atoms with Crippen LogP contribution in [-0.2, 0) is 22.6 Å². The number of hydrogen-bond acceptors (Lipinski definition) is 2. The summed E-state index contributed by atoms with van der Waals surface area (Å²) >= 11 is 9.46. The van der Waals surface area contributed by atoms with E-state index < -0.39 is 6.04 Å². The fourth-order valence-electron chi connectivity index (χ4n) is 2.77. The average molecular weight is 466 g/mol.